The number of nitrogens with one attached hydrogen (secondary N) is 1. The predicted octanol–water partition coefficient (Wildman–Crippen LogP) is 5.38. The standard InChI is InChI=1S/C17H15ClN2S/c1-12-20-17(11-21-12)13-6-4-7-15(9-13)19-10-14-5-2-3-8-16(14)18/h2-9,11,19H,10H2,1H3. The van der Waals surface area contributed by atoms with Gasteiger partial charge >= 0.3 is 0 Å². The summed E-state index contributed by atoms with van der Waals surface area (Å²) in [5, 5.41) is 7.37. The highest BCUT2D eigenvalue weighted by atomic mass is 35.5. The lowest BCUT2D eigenvalue weighted by molar-refractivity contribution is 1.15. The highest BCUT2D eigenvalue weighted by Crippen LogP contribution is 2.25. The van der Waals surface area contributed by atoms with E-state index in [9.17, 15) is 0 Å². The van der Waals surface area contributed by atoms with E-state index in [-0.39, 0.29) is 0 Å². The Labute approximate surface area is 133 Å². The second-order valence-corrected chi connectivity index (χ2v) is 6.25. The van der Waals surface area contributed by atoms with Gasteiger partial charge in [0.15, 0.2) is 0 Å². The van der Waals surface area contributed by atoms with E-state index in [2.05, 4.69) is 33.9 Å². The molecule has 0 bridgehead atoms. The Kier molecular flexibility index (Phi) is 4.23. The largest absolute Gasteiger partial charge is 0.381 e. The summed E-state index contributed by atoms with van der Waals surface area (Å²) in [4.78, 5) is 4.52. The average molecular weight is 315 g/mol. The van der Waals surface area contributed by atoms with Crippen LogP contribution < -0.4 is 5.32 Å². The molecule has 0 saturated heterocycles. The van der Waals surface area contributed by atoms with Crippen molar-refractivity contribution in [1.29, 1.82) is 0 Å². The van der Waals surface area contributed by atoms with Gasteiger partial charge in [-0.25, -0.2) is 4.98 Å². The van der Waals surface area contributed by atoms with Crippen LogP contribution in [0.5, 0.6) is 0 Å². The average Bonchev–Trinajstić information content (AvgIpc) is 2.93. The Morgan fingerprint density at radius 2 is 2.00 bits per heavy atom. The number of aryl methyl sites for hydroxylation is 1. The molecule has 0 aliphatic rings. The number of rotatable bonds is 4. The minimum Gasteiger partial charge on any atom is -0.381 e. The quantitative estimate of drug-likeness (QED) is 0.699. The third kappa shape index (κ3) is 3.43. The minimum absolute atomic E-state index is 0.708. The summed E-state index contributed by atoms with van der Waals surface area (Å²) >= 11 is 7.84. The van der Waals surface area contributed by atoms with Crippen LogP contribution in [0.4, 0.5) is 5.69 Å². The molecule has 0 atom stereocenters. The van der Waals surface area contributed by atoms with Crippen molar-refractivity contribution in [2.75, 3.05) is 5.32 Å². The molecule has 2 aromatic carbocycles. The summed E-state index contributed by atoms with van der Waals surface area (Å²) in [6, 6.07) is 16.2. The molecule has 2 nitrogen and oxygen atoms in total. The monoisotopic (exact) mass is 314 g/mol. The molecular formula is C17H15ClN2S. The fraction of sp³-hybridized carbons (Fsp3) is 0.118. The van der Waals surface area contributed by atoms with Gasteiger partial charge < -0.3 is 5.32 Å². The Hall–Kier alpha value is -1.84. The minimum atomic E-state index is 0.708. The van der Waals surface area contributed by atoms with Crippen molar-refractivity contribution in [3.05, 3.63) is 69.5 Å². The van der Waals surface area contributed by atoms with Gasteiger partial charge in [0.2, 0.25) is 0 Å². The smallest absolute Gasteiger partial charge is 0.0901 e. The highest BCUT2D eigenvalue weighted by molar-refractivity contribution is 7.09. The van der Waals surface area contributed by atoms with Gasteiger partial charge in [0, 0.05) is 28.2 Å². The lowest BCUT2D eigenvalue weighted by atomic mass is 10.1. The molecule has 3 rings (SSSR count). The van der Waals surface area contributed by atoms with Crippen molar-refractivity contribution in [2.45, 2.75) is 13.5 Å². The zero-order valence-corrected chi connectivity index (χ0v) is 13.2. The van der Waals surface area contributed by atoms with Crippen molar-refractivity contribution in [3.8, 4) is 11.3 Å². The molecule has 0 spiro atoms. The maximum Gasteiger partial charge on any atom is 0.0901 e. The highest BCUT2D eigenvalue weighted by Gasteiger charge is 2.04. The molecule has 0 aliphatic heterocycles. The van der Waals surface area contributed by atoms with Gasteiger partial charge in [-0.1, -0.05) is 41.9 Å². The van der Waals surface area contributed by atoms with Crippen molar-refractivity contribution >= 4 is 28.6 Å². The van der Waals surface area contributed by atoms with E-state index in [4.69, 9.17) is 11.6 Å². The van der Waals surface area contributed by atoms with Crippen LogP contribution in [-0.4, -0.2) is 4.98 Å². The maximum atomic E-state index is 6.17. The molecule has 0 unspecified atom stereocenters. The molecule has 0 radical (unpaired) electrons. The van der Waals surface area contributed by atoms with Gasteiger partial charge in [0.25, 0.3) is 0 Å². The number of benzene rings is 2. The first-order valence-corrected chi connectivity index (χ1v) is 7.98. The maximum absolute atomic E-state index is 6.17. The van der Waals surface area contributed by atoms with Crippen LogP contribution in [0.3, 0.4) is 0 Å². The Morgan fingerprint density at radius 1 is 1.14 bits per heavy atom. The molecule has 106 valence electrons. The van der Waals surface area contributed by atoms with Crippen LogP contribution in [0.25, 0.3) is 11.3 Å². The van der Waals surface area contributed by atoms with Gasteiger partial charge in [-0.05, 0) is 30.7 Å². The van der Waals surface area contributed by atoms with Gasteiger partial charge in [0.1, 0.15) is 0 Å². The zero-order valence-electron chi connectivity index (χ0n) is 11.6. The number of thiazole rings is 1. The van der Waals surface area contributed by atoms with Crippen LogP contribution in [0, 0.1) is 6.92 Å². The summed E-state index contributed by atoms with van der Waals surface area (Å²) in [5.41, 5.74) is 4.31. The first kappa shape index (κ1) is 14.1. The first-order valence-electron chi connectivity index (χ1n) is 6.72. The second kappa shape index (κ2) is 6.29. The van der Waals surface area contributed by atoms with E-state index in [0.717, 1.165) is 32.5 Å². The number of nitrogens with zero attached hydrogens (tertiary/aromatic N) is 1. The normalized spacial score (nSPS) is 10.6. The van der Waals surface area contributed by atoms with E-state index in [1.807, 2.05) is 37.3 Å². The summed E-state index contributed by atoms with van der Waals surface area (Å²) in [6.45, 7) is 2.73. The molecule has 3 aromatic rings. The third-order valence-electron chi connectivity index (χ3n) is 3.22. The molecule has 0 aliphatic carbocycles. The van der Waals surface area contributed by atoms with E-state index in [1.165, 1.54) is 0 Å². The second-order valence-electron chi connectivity index (χ2n) is 4.78. The summed E-state index contributed by atoms with van der Waals surface area (Å²) in [5.74, 6) is 0. The molecule has 0 amide bonds. The summed E-state index contributed by atoms with van der Waals surface area (Å²) < 4.78 is 0. The Balaban J connectivity index is 1.76. The lowest BCUT2D eigenvalue weighted by Crippen LogP contribution is -1.99. The summed E-state index contributed by atoms with van der Waals surface area (Å²) in [6.07, 6.45) is 0. The molecule has 0 saturated carbocycles. The lowest BCUT2D eigenvalue weighted by Gasteiger charge is -2.09. The molecule has 0 fully saturated rings. The molecule has 1 heterocycles. The zero-order chi connectivity index (χ0) is 14.7. The van der Waals surface area contributed by atoms with Crippen LogP contribution in [0.15, 0.2) is 53.9 Å². The van der Waals surface area contributed by atoms with Crippen LogP contribution in [0.1, 0.15) is 10.6 Å². The van der Waals surface area contributed by atoms with Crippen LogP contribution in [-0.2, 0) is 6.54 Å². The topological polar surface area (TPSA) is 24.9 Å². The number of halogens is 1. The fourth-order valence-corrected chi connectivity index (χ4v) is 2.95. The predicted molar refractivity (Wildman–Crippen MR) is 91.1 cm³/mol. The van der Waals surface area contributed by atoms with Crippen molar-refractivity contribution < 1.29 is 0 Å². The number of anilines is 1. The van der Waals surface area contributed by atoms with E-state index < -0.39 is 0 Å². The molecular weight excluding hydrogens is 300 g/mol. The fourth-order valence-electron chi connectivity index (χ4n) is 2.12. The van der Waals surface area contributed by atoms with E-state index in [1.54, 1.807) is 11.3 Å². The molecule has 1 N–H and O–H groups in total. The Bertz CT molecular complexity index is 752. The van der Waals surface area contributed by atoms with Gasteiger partial charge in [-0.2, -0.15) is 0 Å². The van der Waals surface area contributed by atoms with Gasteiger partial charge in [-0.3, -0.25) is 0 Å². The van der Waals surface area contributed by atoms with Crippen LogP contribution >= 0.6 is 22.9 Å². The molecule has 1 aromatic heterocycles. The first-order chi connectivity index (χ1) is 10.2. The third-order valence-corrected chi connectivity index (χ3v) is 4.36. The molecule has 4 heteroatoms. The van der Waals surface area contributed by atoms with Crippen molar-refractivity contribution in [3.63, 3.8) is 0 Å². The Morgan fingerprint density at radius 3 is 2.76 bits per heavy atom. The van der Waals surface area contributed by atoms with E-state index in [0.29, 0.717) is 6.54 Å². The summed E-state index contributed by atoms with van der Waals surface area (Å²) in [7, 11) is 0. The van der Waals surface area contributed by atoms with E-state index >= 15 is 0 Å². The molecule has 21 heavy (non-hydrogen) atoms. The van der Waals surface area contributed by atoms with Crippen molar-refractivity contribution in [2.24, 2.45) is 0 Å². The van der Waals surface area contributed by atoms with Crippen molar-refractivity contribution in [1.82, 2.24) is 4.98 Å². The SMILES string of the molecule is Cc1nc(-c2cccc(NCc3ccccc3Cl)c2)cs1. The number of hydrogen-bond donors (Lipinski definition) is 1. The van der Waals surface area contributed by atoms with Gasteiger partial charge in [-0.15, -0.1) is 11.3 Å². The number of hydrogen-bond acceptors (Lipinski definition) is 3. The van der Waals surface area contributed by atoms with Gasteiger partial charge in [0.05, 0.1) is 10.7 Å². The van der Waals surface area contributed by atoms with Crippen LogP contribution in [0.2, 0.25) is 5.02 Å². The number of aromatic nitrogens is 1.